The summed E-state index contributed by atoms with van der Waals surface area (Å²) < 4.78 is 11.4. The van der Waals surface area contributed by atoms with Crippen molar-refractivity contribution < 1.29 is 9.47 Å². The number of hydrogen-bond acceptors (Lipinski definition) is 3. The van der Waals surface area contributed by atoms with Crippen LogP contribution in [0.15, 0.2) is 18.2 Å². The summed E-state index contributed by atoms with van der Waals surface area (Å²) >= 11 is 0. The SMILES string of the molecule is CNC(COC(C)(C)C)c1ccc2c(c1)CCO2. The lowest BCUT2D eigenvalue weighted by molar-refractivity contribution is -0.0139. The normalized spacial score (nSPS) is 16.2. The summed E-state index contributed by atoms with van der Waals surface area (Å²) in [5, 5.41) is 3.32. The minimum atomic E-state index is -0.102. The maximum absolute atomic E-state index is 5.86. The number of rotatable bonds is 4. The van der Waals surface area contributed by atoms with Gasteiger partial charge in [0.25, 0.3) is 0 Å². The first-order chi connectivity index (χ1) is 8.49. The zero-order chi connectivity index (χ0) is 13.2. The second-order valence-electron chi connectivity index (χ2n) is 5.73. The van der Waals surface area contributed by atoms with E-state index in [1.165, 1.54) is 11.1 Å². The molecule has 0 amide bonds. The van der Waals surface area contributed by atoms with Gasteiger partial charge in [0.05, 0.1) is 24.9 Å². The number of ether oxygens (including phenoxy) is 2. The minimum Gasteiger partial charge on any atom is -0.493 e. The Labute approximate surface area is 109 Å². The van der Waals surface area contributed by atoms with E-state index < -0.39 is 0 Å². The van der Waals surface area contributed by atoms with E-state index in [0.29, 0.717) is 6.61 Å². The van der Waals surface area contributed by atoms with Gasteiger partial charge in [0.15, 0.2) is 0 Å². The van der Waals surface area contributed by atoms with Gasteiger partial charge in [0.1, 0.15) is 5.75 Å². The van der Waals surface area contributed by atoms with Crippen molar-refractivity contribution in [3.63, 3.8) is 0 Å². The maximum atomic E-state index is 5.86. The van der Waals surface area contributed by atoms with Crippen LogP contribution < -0.4 is 10.1 Å². The van der Waals surface area contributed by atoms with E-state index in [0.717, 1.165) is 18.8 Å². The van der Waals surface area contributed by atoms with Crippen molar-refractivity contribution >= 4 is 0 Å². The second kappa shape index (κ2) is 5.29. The van der Waals surface area contributed by atoms with Crippen LogP contribution in [-0.2, 0) is 11.2 Å². The van der Waals surface area contributed by atoms with E-state index in [9.17, 15) is 0 Å². The average Bonchev–Trinajstić information content (AvgIpc) is 2.75. The second-order valence-corrected chi connectivity index (χ2v) is 5.73. The van der Waals surface area contributed by atoms with E-state index in [2.05, 4.69) is 44.3 Å². The number of benzene rings is 1. The van der Waals surface area contributed by atoms with E-state index in [4.69, 9.17) is 9.47 Å². The molecule has 18 heavy (non-hydrogen) atoms. The van der Waals surface area contributed by atoms with Crippen molar-refractivity contribution in [3.05, 3.63) is 29.3 Å². The Kier molecular flexibility index (Phi) is 3.93. The van der Waals surface area contributed by atoms with E-state index >= 15 is 0 Å². The fourth-order valence-corrected chi connectivity index (χ4v) is 2.10. The van der Waals surface area contributed by atoms with Crippen LogP contribution in [0.1, 0.15) is 37.9 Å². The molecule has 1 aliphatic heterocycles. The quantitative estimate of drug-likeness (QED) is 0.890. The van der Waals surface area contributed by atoms with Crippen LogP contribution >= 0.6 is 0 Å². The van der Waals surface area contributed by atoms with Gasteiger partial charge in [-0.2, -0.15) is 0 Å². The van der Waals surface area contributed by atoms with Crippen LogP contribution in [0.3, 0.4) is 0 Å². The first-order valence-electron chi connectivity index (χ1n) is 6.56. The zero-order valence-electron chi connectivity index (χ0n) is 11.7. The Morgan fingerprint density at radius 3 is 2.83 bits per heavy atom. The highest BCUT2D eigenvalue weighted by atomic mass is 16.5. The van der Waals surface area contributed by atoms with Gasteiger partial charge in [-0.15, -0.1) is 0 Å². The largest absolute Gasteiger partial charge is 0.493 e. The van der Waals surface area contributed by atoms with E-state index in [1.807, 2.05) is 7.05 Å². The van der Waals surface area contributed by atoms with Crippen LogP contribution in [0.2, 0.25) is 0 Å². The molecule has 0 spiro atoms. The third-order valence-corrected chi connectivity index (χ3v) is 3.15. The summed E-state index contributed by atoms with van der Waals surface area (Å²) in [5.41, 5.74) is 2.48. The standard InChI is InChI=1S/C15H23NO2/c1-15(2,3)18-10-13(16-4)11-5-6-14-12(9-11)7-8-17-14/h5-6,9,13,16H,7-8,10H2,1-4H3. The van der Waals surface area contributed by atoms with Gasteiger partial charge in [-0.3, -0.25) is 0 Å². The van der Waals surface area contributed by atoms with Gasteiger partial charge >= 0.3 is 0 Å². The van der Waals surface area contributed by atoms with Crippen molar-refractivity contribution in [1.82, 2.24) is 5.32 Å². The summed E-state index contributed by atoms with van der Waals surface area (Å²) in [7, 11) is 1.97. The molecule has 1 aromatic carbocycles. The lowest BCUT2D eigenvalue weighted by Gasteiger charge is -2.24. The first kappa shape index (κ1) is 13.4. The zero-order valence-corrected chi connectivity index (χ0v) is 11.7. The summed E-state index contributed by atoms with van der Waals surface area (Å²) in [6.07, 6.45) is 1.01. The van der Waals surface area contributed by atoms with Crippen LogP contribution in [0, 0.1) is 0 Å². The summed E-state index contributed by atoms with van der Waals surface area (Å²) in [6, 6.07) is 6.65. The molecule has 2 rings (SSSR count). The first-order valence-corrected chi connectivity index (χ1v) is 6.56. The van der Waals surface area contributed by atoms with Crippen molar-refractivity contribution in [3.8, 4) is 5.75 Å². The number of hydrogen-bond donors (Lipinski definition) is 1. The number of likely N-dealkylation sites (N-methyl/N-ethyl adjacent to an activating group) is 1. The van der Waals surface area contributed by atoms with Gasteiger partial charge in [0, 0.05) is 6.42 Å². The van der Waals surface area contributed by atoms with Crippen LogP contribution in [0.25, 0.3) is 0 Å². The van der Waals surface area contributed by atoms with Gasteiger partial charge in [-0.05, 0) is 45.0 Å². The molecule has 0 bridgehead atoms. The average molecular weight is 249 g/mol. The van der Waals surface area contributed by atoms with Crippen molar-refractivity contribution in [2.24, 2.45) is 0 Å². The third kappa shape index (κ3) is 3.24. The predicted octanol–water partition coefficient (Wildman–Crippen LogP) is 2.70. The smallest absolute Gasteiger partial charge is 0.122 e. The molecular weight excluding hydrogens is 226 g/mol. The molecule has 1 aliphatic rings. The minimum absolute atomic E-state index is 0.102. The third-order valence-electron chi connectivity index (χ3n) is 3.15. The van der Waals surface area contributed by atoms with Crippen LogP contribution in [0.5, 0.6) is 5.75 Å². The topological polar surface area (TPSA) is 30.5 Å². The maximum Gasteiger partial charge on any atom is 0.122 e. The molecule has 0 aromatic heterocycles. The lowest BCUT2D eigenvalue weighted by Crippen LogP contribution is -2.28. The molecule has 1 N–H and O–H groups in total. The van der Waals surface area contributed by atoms with Gasteiger partial charge in [-0.25, -0.2) is 0 Å². The molecule has 3 nitrogen and oxygen atoms in total. The molecule has 1 aromatic rings. The van der Waals surface area contributed by atoms with Gasteiger partial charge in [0.2, 0.25) is 0 Å². The molecular formula is C15H23NO2. The molecule has 100 valence electrons. The van der Waals surface area contributed by atoms with Gasteiger partial charge < -0.3 is 14.8 Å². The molecule has 3 heteroatoms. The molecule has 0 saturated carbocycles. The fraction of sp³-hybridized carbons (Fsp3) is 0.600. The van der Waals surface area contributed by atoms with Crippen LogP contribution in [-0.4, -0.2) is 25.9 Å². The van der Waals surface area contributed by atoms with Crippen molar-refractivity contribution in [2.75, 3.05) is 20.3 Å². The Bertz CT molecular complexity index is 409. The highest BCUT2D eigenvalue weighted by Crippen LogP contribution is 2.28. The number of nitrogens with one attached hydrogen (secondary N) is 1. The molecule has 0 aliphatic carbocycles. The molecule has 1 atom stereocenters. The monoisotopic (exact) mass is 249 g/mol. The highest BCUT2D eigenvalue weighted by Gasteiger charge is 2.18. The Hall–Kier alpha value is -1.06. The molecule has 1 unspecified atom stereocenters. The van der Waals surface area contributed by atoms with Crippen molar-refractivity contribution in [1.29, 1.82) is 0 Å². The van der Waals surface area contributed by atoms with E-state index in [1.54, 1.807) is 0 Å². The summed E-state index contributed by atoms with van der Waals surface area (Å²) in [5.74, 6) is 1.03. The Balaban J connectivity index is 2.08. The molecule has 0 fully saturated rings. The van der Waals surface area contributed by atoms with E-state index in [-0.39, 0.29) is 11.6 Å². The highest BCUT2D eigenvalue weighted by molar-refractivity contribution is 5.40. The van der Waals surface area contributed by atoms with Crippen molar-refractivity contribution in [2.45, 2.75) is 38.8 Å². The lowest BCUT2D eigenvalue weighted by atomic mass is 10.0. The van der Waals surface area contributed by atoms with Crippen LogP contribution in [0.4, 0.5) is 0 Å². The molecule has 0 radical (unpaired) electrons. The van der Waals surface area contributed by atoms with Gasteiger partial charge in [-0.1, -0.05) is 12.1 Å². The molecule has 1 heterocycles. The summed E-state index contributed by atoms with van der Waals surface area (Å²) in [6.45, 7) is 7.73. The predicted molar refractivity (Wildman–Crippen MR) is 73.1 cm³/mol. The summed E-state index contributed by atoms with van der Waals surface area (Å²) in [4.78, 5) is 0. The Morgan fingerprint density at radius 2 is 2.17 bits per heavy atom. The molecule has 0 saturated heterocycles. The Morgan fingerprint density at radius 1 is 1.39 bits per heavy atom. The fourth-order valence-electron chi connectivity index (χ4n) is 2.10. The number of fused-ring (bicyclic) bond motifs is 1.